The lowest BCUT2D eigenvalue weighted by Gasteiger charge is -2.17. The minimum absolute atomic E-state index is 0.128. The fraction of sp³-hybridized carbons (Fsp3) is 0.250. The first-order valence-electron chi connectivity index (χ1n) is 10.4. The number of rotatable bonds is 5. The lowest BCUT2D eigenvalue weighted by molar-refractivity contribution is -0.123. The first-order valence-corrected chi connectivity index (χ1v) is 11.2. The summed E-state index contributed by atoms with van der Waals surface area (Å²) in [7, 11) is 0. The number of anilines is 2. The van der Waals surface area contributed by atoms with Gasteiger partial charge in [0.15, 0.2) is 6.61 Å². The first kappa shape index (κ1) is 21.7. The van der Waals surface area contributed by atoms with Crippen molar-refractivity contribution in [2.75, 3.05) is 16.8 Å². The maximum Gasteiger partial charge on any atom is 0.338 e. The van der Waals surface area contributed by atoms with Gasteiger partial charge >= 0.3 is 5.97 Å². The number of hydrogen-bond acceptors (Lipinski definition) is 5. The topological polar surface area (TPSA) is 92.8 Å². The van der Waals surface area contributed by atoms with Gasteiger partial charge in [-0.3, -0.25) is 19.3 Å². The summed E-state index contributed by atoms with van der Waals surface area (Å²) in [5.41, 5.74) is 0.917. The largest absolute Gasteiger partial charge is 0.452 e. The van der Waals surface area contributed by atoms with Crippen molar-refractivity contribution in [3.05, 3.63) is 70.2 Å². The number of carbonyl (C=O) groups excluding carboxylic acids is 4. The second kappa shape index (κ2) is 8.32. The Morgan fingerprint density at radius 2 is 1.61 bits per heavy atom. The van der Waals surface area contributed by atoms with E-state index in [1.807, 2.05) is 12.2 Å². The first-order chi connectivity index (χ1) is 15.8. The molecule has 9 heteroatoms. The molecular formula is C24H18Cl2N2O5. The van der Waals surface area contributed by atoms with Gasteiger partial charge < -0.3 is 10.1 Å². The van der Waals surface area contributed by atoms with Gasteiger partial charge in [-0.2, -0.15) is 0 Å². The summed E-state index contributed by atoms with van der Waals surface area (Å²) < 4.78 is 5.05. The van der Waals surface area contributed by atoms with Crippen molar-refractivity contribution < 1.29 is 23.9 Å². The summed E-state index contributed by atoms with van der Waals surface area (Å²) >= 11 is 11.9. The number of hydrogen-bond donors (Lipinski definition) is 1. The Hall–Kier alpha value is -3.16. The average molecular weight is 485 g/mol. The van der Waals surface area contributed by atoms with Crippen molar-refractivity contribution >= 4 is 58.3 Å². The molecule has 33 heavy (non-hydrogen) atoms. The van der Waals surface area contributed by atoms with E-state index in [0.29, 0.717) is 11.4 Å². The number of esters is 1. The molecular weight excluding hydrogens is 467 g/mol. The highest BCUT2D eigenvalue weighted by molar-refractivity contribution is 6.44. The molecule has 2 aliphatic carbocycles. The third kappa shape index (κ3) is 3.71. The normalized spacial score (nSPS) is 24.8. The predicted octanol–water partition coefficient (Wildman–Crippen LogP) is 4.10. The number of ether oxygens (including phenoxy) is 1. The molecule has 1 saturated heterocycles. The molecule has 3 aliphatic rings. The lowest BCUT2D eigenvalue weighted by atomic mass is 9.85. The quantitative estimate of drug-likeness (QED) is 0.391. The fourth-order valence-corrected chi connectivity index (χ4v) is 5.25. The highest BCUT2D eigenvalue weighted by atomic mass is 35.5. The molecule has 0 aromatic heterocycles. The van der Waals surface area contributed by atoms with Gasteiger partial charge in [0.2, 0.25) is 11.8 Å². The highest BCUT2D eigenvalue weighted by Gasteiger charge is 2.59. The molecule has 1 N–H and O–H groups in total. The number of imide groups is 1. The van der Waals surface area contributed by atoms with Crippen LogP contribution in [0.4, 0.5) is 11.4 Å². The van der Waals surface area contributed by atoms with Gasteiger partial charge in [0, 0.05) is 0 Å². The van der Waals surface area contributed by atoms with Crippen LogP contribution in [0.1, 0.15) is 16.8 Å². The number of allylic oxidation sites excluding steroid dienone is 2. The van der Waals surface area contributed by atoms with E-state index in [4.69, 9.17) is 27.9 Å². The van der Waals surface area contributed by atoms with Crippen LogP contribution in [0.2, 0.25) is 10.0 Å². The Kier molecular flexibility index (Phi) is 5.46. The van der Waals surface area contributed by atoms with Crippen LogP contribution >= 0.6 is 23.2 Å². The maximum absolute atomic E-state index is 12.9. The van der Waals surface area contributed by atoms with Gasteiger partial charge in [0.05, 0.1) is 38.8 Å². The van der Waals surface area contributed by atoms with Crippen molar-refractivity contribution in [2.45, 2.75) is 6.42 Å². The summed E-state index contributed by atoms with van der Waals surface area (Å²) in [6.07, 6.45) is 4.94. The van der Waals surface area contributed by atoms with E-state index < -0.39 is 18.5 Å². The molecule has 2 aromatic rings. The van der Waals surface area contributed by atoms with Gasteiger partial charge in [-0.25, -0.2) is 4.79 Å². The summed E-state index contributed by atoms with van der Waals surface area (Å²) in [6, 6.07) is 10.8. The van der Waals surface area contributed by atoms with Crippen LogP contribution in [0.25, 0.3) is 0 Å². The number of nitrogens with one attached hydrogen (secondary N) is 1. The molecule has 5 rings (SSSR count). The minimum Gasteiger partial charge on any atom is -0.452 e. The minimum atomic E-state index is -0.716. The second-order valence-corrected chi connectivity index (χ2v) is 9.07. The number of amides is 3. The summed E-state index contributed by atoms with van der Waals surface area (Å²) in [4.78, 5) is 51.4. The zero-order chi connectivity index (χ0) is 23.3. The Morgan fingerprint density at radius 1 is 0.970 bits per heavy atom. The molecule has 7 nitrogen and oxygen atoms in total. The standard InChI is InChI=1S/C24H18Cl2N2O5/c25-16-2-1-3-17(21(16)26)27-18(29)11-33-24(32)12-6-8-15(9-7-12)28-22(30)19-13-4-5-14(10-13)20(19)23(28)31/h1-9,13-14,19-20H,10-11H2,(H,27,29)/t13-,14-,19+,20+/m0/s1. The van der Waals surface area contributed by atoms with E-state index >= 15 is 0 Å². The molecule has 2 fully saturated rings. The highest BCUT2D eigenvalue weighted by Crippen LogP contribution is 2.53. The Balaban J connectivity index is 1.21. The van der Waals surface area contributed by atoms with Crippen LogP contribution < -0.4 is 10.2 Å². The number of carbonyl (C=O) groups is 4. The van der Waals surface area contributed by atoms with Gasteiger partial charge in [-0.1, -0.05) is 41.4 Å². The monoisotopic (exact) mass is 484 g/mol. The van der Waals surface area contributed by atoms with E-state index in [2.05, 4.69) is 5.32 Å². The van der Waals surface area contributed by atoms with Gasteiger partial charge in [-0.15, -0.1) is 0 Å². The Bertz CT molecular complexity index is 1180. The molecule has 4 atom stereocenters. The second-order valence-electron chi connectivity index (χ2n) is 8.28. The van der Waals surface area contributed by atoms with Crippen molar-refractivity contribution in [1.29, 1.82) is 0 Å². The van der Waals surface area contributed by atoms with Gasteiger partial charge in [-0.05, 0) is 54.7 Å². The van der Waals surface area contributed by atoms with Crippen molar-refractivity contribution in [2.24, 2.45) is 23.7 Å². The van der Waals surface area contributed by atoms with E-state index in [1.165, 1.54) is 29.2 Å². The molecule has 168 valence electrons. The van der Waals surface area contributed by atoms with Crippen molar-refractivity contribution in [3.63, 3.8) is 0 Å². The van der Waals surface area contributed by atoms with Gasteiger partial charge in [0.1, 0.15) is 0 Å². The van der Waals surface area contributed by atoms with Crippen LogP contribution in [0.5, 0.6) is 0 Å². The maximum atomic E-state index is 12.9. The lowest BCUT2D eigenvalue weighted by Crippen LogP contribution is -2.32. The number of benzene rings is 2. The molecule has 0 unspecified atom stereocenters. The molecule has 2 aromatic carbocycles. The number of halogens is 2. The van der Waals surface area contributed by atoms with Crippen LogP contribution in [0.15, 0.2) is 54.6 Å². The Morgan fingerprint density at radius 3 is 2.24 bits per heavy atom. The third-order valence-corrected chi connectivity index (χ3v) is 7.21. The van der Waals surface area contributed by atoms with E-state index in [-0.39, 0.29) is 51.1 Å². The number of fused-ring (bicyclic) bond motifs is 5. The molecule has 2 bridgehead atoms. The van der Waals surface area contributed by atoms with Crippen molar-refractivity contribution in [3.8, 4) is 0 Å². The summed E-state index contributed by atoms with van der Waals surface area (Å²) in [5.74, 6) is -1.99. The molecule has 1 saturated carbocycles. The van der Waals surface area contributed by atoms with E-state index in [1.54, 1.807) is 18.2 Å². The zero-order valence-electron chi connectivity index (χ0n) is 17.2. The smallest absolute Gasteiger partial charge is 0.338 e. The van der Waals surface area contributed by atoms with Crippen LogP contribution in [0, 0.1) is 23.7 Å². The van der Waals surface area contributed by atoms with Crippen LogP contribution in [-0.2, 0) is 19.1 Å². The predicted molar refractivity (Wildman–Crippen MR) is 122 cm³/mol. The SMILES string of the molecule is O=C(COC(=O)c1ccc(N2C(=O)[C@H]3[C@H](C2=O)[C@H]2C=C[C@H]3C2)cc1)Nc1cccc(Cl)c1Cl. The van der Waals surface area contributed by atoms with Crippen LogP contribution in [0.3, 0.4) is 0 Å². The third-order valence-electron chi connectivity index (χ3n) is 6.39. The van der Waals surface area contributed by atoms with Gasteiger partial charge in [0.25, 0.3) is 5.91 Å². The fourth-order valence-electron chi connectivity index (χ4n) is 4.90. The van der Waals surface area contributed by atoms with E-state index in [9.17, 15) is 19.2 Å². The zero-order valence-corrected chi connectivity index (χ0v) is 18.7. The molecule has 3 amide bonds. The summed E-state index contributed by atoms with van der Waals surface area (Å²) in [5, 5.41) is 3.00. The molecule has 1 aliphatic heterocycles. The number of nitrogens with zero attached hydrogens (tertiary/aromatic N) is 1. The Labute approximate surface area is 199 Å². The molecule has 0 spiro atoms. The van der Waals surface area contributed by atoms with E-state index in [0.717, 1.165) is 6.42 Å². The van der Waals surface area contributed by atoms with Crippen LogP contribution in [-0.4, -0.2) is 30.3 Å². The van der Waals surface area contributed by atoms with Crippen molar-refractivity contribution in [1.82, 2.24) is 0 Å². The average Bonchev–Trinajstić information content (AvgIpc) is 3.49. The summed E-state index contributed by atoms with van der Waals surface area (Å²) in [6.45, 7) is -0.522. The molecule has 1 heterocycles. The molecule has 0 radical (unpaired) electrons.